The van der Waals surface area contributed by atoms with Crippen LogP contribution in [0.25, 0.3) is 0 Å². The predicted molar refractivity (Wildman–Crippen MR) is 72.0 cm³/mol. The second-order valence-electron chi connectivity index (χ2n) is 6.05. The number of hydrogen-bond acceptors (Lipinski definition) is 2. The second-order valence-corrected chi connectivity index (χ2v) is 6.05. The van der Waals surface area contributed by atoms with Crippen LogP contribution in [0.3, 0.4) is 0 Å². The third-order valence-corrected chi connectivity index (χ3v) is 3.79. The Labute approximate surface area is 105 Å². The molecule has 0 unspecified atom stereocenters. The molecule has 1 heterocycles. The third-order valence-electron chi connectivity index (χ3n) is 3.79. The Morgan fingerprint density at radius 1 is 1.35 bits per heavy atom. The van der Waals surface area contributed by atoms with Gasteiger partial charge in [-0.25, -0.2) is 0 Å². The first-order valence-corrected chi connectivity index (χ1v) is 6.73. The number of nitrogens with zero attached hydrogens (tertiary/aromatic N) is 1. The number of rotatable bonds is 5. The van der Waals surface area contributed by atoms with Gasteiger partial charge in [0.05, 0.1) is 0 Å². The number of hydrogen-bond donors (Lipinski definition) is 1. The standard InChI is InChI=1S/C15H24N2/c1-12(2)10-17-11-15(8-13(3)9-15)14-4-6-16-7-5-14/h4-7,12-13,17H,8-11H2,1-3H3. The fourth-order valence-electron chi connectivity index (χ4n) is 3.06. The van der Waals surface area contributed by atoms with E-state index < -0.39 is 0 Å². The largest absolute Gasteiger partial charge is 0.316 e. The summed E-state index contributed by atoms with van der Waals surface area (Å²) >= 11 is 0. The minimum atomic E-state index is 0.372. The Hall–Kier alpha value is -0.890. The molecule has 0 atom stereocenters. The zero-order valence-corrected chi connectivity index (χ0v) is 11.2. The summed E-state index contributed by atoms with van der Waals surface area (Å²) in [7, 11) is 0. The van der Waals surface area contributed by atoms with Crippen molar-refractivity contribution in [2.75, 3.05) is 13.1 Å². The highest BCUT2D eigenvalue weighted by Gasteiger charge is 2.42. The molecule has 1 aliphatic carbocycles. The molecule has 0 saturated heterocycles. The zero-order valence-electron chi connectivity index (χ0n) is 11.2. The van der Waals surface area contributed by atoms with Crippen molar-refractivity contribution < 1.29 is 0 Å². The van der Waals surface area contributed by atoms with Gasteiger partial charge in [-0.3, -0.25) is 4.98 Å². The lowest BCUT2D eigenvalue weighted by atomic mass is 9.59. The van der Waals surface area contributed by atoms with E-state index in [0.29, 0.717) is 5.41 Å². The van der Waals surface area contributed by atoms with Crippen LogP contribution in [0.5, 0.6) is 0 Å². The van der Waals surface area contributed by atoms with Crippen LogP contribution < -0.4 is 5.32 Å². The normalized spacial score (nSPS) is 28.1. The summed E-state index contributed by atoms with van der Waals surface area (Å²) in [4.78, 5) is 4.12. The molecule has 0 aromatic carbocycles. The van der Waals surface area contributed by atoms with Crippen molar-refractivity contribution in [3.8, 4) is 0 Å². The van der Waals surface area contributed by atoms with Crippen LogP contribution in [0.15, 0.2) is 24.5 Å². The highest BCUT2D eigenvalue weighted by atomic mass is 14.9. The zero-order chi connectivity index (χ0) is 12.3. The van der Waals surface area contributed by atoms with Crippen LogP contribution in [0.4, 0.5) is 0 Å². The van der Waals surface area contributed by atoms with Gasteiger partial charge >= 0.3 is 0 Å². The van der Waals surface area contributed by atoms with Gasteiger partial charge < -0.3 is 5.32 Å². The molecular weight excluding hydrogens is 208 g/mol. The first kappa shape index (κ1) is 12.6. The van der Waals surface area contributed by atoms with Crippen LogP contribution in [0.1, 0.15) is 39.2 Å². The van der Waals surface area contributed by atoms with Gasteiger partial charge in [-0.15, -0.1) is 0 Å². The fourth-order valence-corrected chi connectivity index (χ4v) is 3.06. The molecule has 0 aliphatic heterocycles. The Kier molecular flexibility index (Phi) is 3.82. The molecule has 94 valence electrons. The molecule has 2 rings (SSSR count). The molecule has 0 bridgehead atoms. The average molecular weight is 232 g/mol. The predicted octanol–water partition coefficient (Wildman–Crippen LogP) is 2.99. The number of pyridine rings is 1. The lowest BCUT2D eigenvalue weighted by Gasteiger charge is -2.47. The van der Waals surface area contributed by atoms with Crippen molar-refractivity contribution in [1.29, 1.82) is 0 Å². The maximum absolute atomic E-state index is 4.12. The molecule has 1 aromatic rings. The Balaban J connectivity index is 2.01. The lowest BCUT2D eigenvalue weighted by Crippen LogP contribution is -2.48. The summed E-state index contributed by atoms with van der Waals surface area (Å²) in [6, 6.07) is 4.37. The Bertz CT molecular complexity index is 339. The van der Waals surface area contributed by atoms with Crippen LogP contribution in [-0.2, 0) is 5.41 Å². The van der Waals surface area contributed by atoms with E-state index in [2.05, 4.69) is 43.2 Å². The van der Waals surface area contributed by atoms with Gasteiger partial charge in [-0.1, -0.05) is 20.8 Å². The van der Waals surface area contributed by atoms with Crippen LogP contribution >= 0.6 is 0 Å². The van der Waals surface area contributed by atoms with E-state index in [1.165, 1.54) is 18.4 Å². The summed E-state index contributed by atoms with van der Waals surface area (Å²) < 4.78 is 0. The van der Waals surface area contributed by atoms with Gasteiger partial charge in [0.15, 0.2) is 0 Å². The first-order chi connectivity index (χ1) is 8.12. The fraction of sp³-hybridized carbons (Fsp3) is 0.667. The van der Waals surface area contributed by atoms with Gasteiger partial charge in [-0.2, -0.15) is 0 Å². The Morgan fingerprint density at radius 2 is 2.00 bits per heavy atom. The summed E-state index contributed by atoms with van der Waals surface area (Å²) in [5, 5.41) is 3.63. The highest BCUT2D eigenvalue weighted by molar-refractivity contribution is 5.27. The Morgan fingerprint density at radius 3 is 2.53 bits per heavy atom. The van der Waals surface area contributed by atoms with E-state index >= 15 is 0 Å². The molecule has 0 amide bonds. The SMILES string of the molecule is CC(C)CNCC1(c2ccncc2)CC(C)C1. The van der Waals surface area contributed by atoms with Crippen LogP contribution in [0, 0.1) is 11.8 Å². The minimum absolute atomic E-state index is 0.372. The molecule has 2 nitrogen and oxygen atoms in total. The molecule has 0 radical (unpaired) electrons. The van der Waals surface area contributed by atoms with E-state index in [-0.39, 0.29) is 0 Å². The maximum Gasteiger partial charge on any atom is 0.0270 e. The van der Waals surface area contributed by atoms with Gasteiger partial charge in [0, 0.05) is 24.4 Å². The number of nitrogens with one attached hydrogen (secondary N) is 1. The van der Waals surface area contributed by atoms with Gasteiger partial charge in [0.25, 0.3) is 0 Å². The smallest absolute Gasteiger partial charge is 0.0270 e. The van der Waals surface area contributed by atoms with E-state index in [4.69, 9.17) is 0 Å². The molecule has 2 heteroatoms. The van der Waals surface area contributed by atoms with Crippen molar-refractivity contribution in [3.63, 3.8) is 0 Å². The molecule has 1 saturated carbocycles. The first-order valence-electron chi connectivity index (χ1n) is 6.73. The average Bonchev–Trinajstić information content (AvgIpc) is 2.27. The summed E-state index contributed by atoms with van der Waals surface area (Å²) in [6.45, 7) is 9.09. The monoisotopic (exact) mass is 232 g/mol. The van der Waals surface area contributed by atoms with Crippen molar-refractivity contribution in [3.05, 3.63) is 30.1 Å². The quantitative estimate of drug-likeness (QED) is 0.844. The topological polar surface area (TPSA) is 24.9 Å². The van der Waals surface area contributed by atoms with Crippen molar-refractivity contribution in [1.82, 2.24) is 10.3 Å². The number of aromatic nitrogens is 1. The molecule has 1 fully saturated rings. The van der Waals surface area contributed by atoms with E-state index in [9.17, 15) is 0 Å². The maximum atomic E-state index is 4.12. The van der Waals surface area contributed by atoms with Gasteiger partial charge in [0.1, 0.15) is 0 Å². The third kappa shape index (κ3) is 2.86. The molecule has 1 aromatic heterocycles. The van der Waals surface area contributed by atoms with Gasteiger partial charge in [0.2, 0.25) is 0 Å². The van der Waals surface area contributed by atoms with Crippen LogP contribution in [-0.4, -0.2) is 18.1 Å². The highest BCUT2D eigenvalue weighted by Crippen LogP contribution is 2.46. The molecule has 1 N–H and O–H groups in total. The minimum Gasteiger partial charge on any atom is -0.316 e. The summed E-state index contributed by atoms with van der Waals surface area (Å²) in [6.07, 6.45) is 6.45. The molecular formula is C15H24N2. The molecule has 0 spiro atoms. The van der Waals surface area contributed by atoms with Gasteiger partial charge in [-0.05, 0) is 48.9 Å². The molecule has 17 heavy (non-hydrogen) atoms. The van der Waals surface area contributed by atoms with E-state index in [0.717, 1.165) is 24.9 Å². The van der Waals surface area contributed by atoms with Crippen molar-refractivity contribution in [2.45, 2.75) is 39.0 Å². The van der Waals surface area contributed by atoms with Crippen molar-refractivity contribution in [2.24, 2.45) is 11.8 Å². The van der Waals surface area contributed by atoms with Crippen LogP contribution in [0.2, 0.25) is 0 Å². The second kappa shape index (κ2) is 5.18. The summed E-state index contributed by atoms with van der Waals surface area (Å²) in [5.41, 5.74) is 1.83. The van der Waals surface area contributed by atoms with E-state index in [1.54, 1.807) is 0 Å². The van der Waals surface area contributed by atoms with E-state index in [1.807, 2.05) is 12.4 Å². The summed E-state index contributed by atoms with van der Waals surface area (Å²) in [5.74, 6) is 1.59. The van der Waals surface area contributed by atoms with Crippen molar-refractivity contribution >= 4 is 0 Å². The lowest BCUT2D eigenvalue weighted by molar-refractivity contribution is 0.151. The molecule has 1 aliphatic rings.